The molecule has 2 N–H and O–H groups in total. The minimum Gasteiger partial charge on any atom is -0.481 e. The molecule has 2 rings (SSSR count). The number of carbonyl (C=O) groups is 1. The minimum atomic E-state index is -0.741. The molecular formula is C12H12FN3O2. The summed E-state index contributed by atoms with van der Waals surface area (Å²) >= 11 is 0. The highest BCUT2D eigenvalue weighted by atomic mass is 19.1. The van der Waals surface area contributed by atoms with Gasteiger partial charge < -0.3 is 10.1 Å². The van der Waals surface area contributed by atoms with Crippen molar-refractivity contribution in [3.8, 4) is 5.75 Å². The van der Waals surface area contributed by atoms with Crippen molar-refractivity contribution in [2.75, 3.05) is 5.32 Å². The van der Waals surface area contributed by atoms with Gasteiger partial charge in [-0.05, 0) is 19.1 Å². The van der Waals surface area contributed by atoms with Crippen LogP contribution in [0.25, 0.3) is 0 Å². The van der Waals surface area contributed by atoms with Crippen molar-refractivity contribution in [2.24, 2.45) is 0 Å². The third kappa shape index (κ3) is 3.07. The fourth-order valence-electron chi connectivity index (χ4n) is 1.36. The smallest absolute Gasteiger partial charge is 0.266 e. The van der Waals surface area contributed by atoms with E-state index in [0.717, 1.165) is 0 Å². The number of hydrogen-bond donors (Lipinski definition) is 2. The summed E-state index contributed by atoms with van der Waals surface area (Å²) in [4.78, 5) is 11.7. The van der Waals surface area contributed by atoms with Crippen LogP contribution in [0, 0.1) is 5.82 Å². The zero-order valence-electron chi connectivity index (χ0n) is 9.68. The average Bonchev–Trinajstić information content (AvgIpc) is 2.81. The van der Waals surface area contributed by atoms with Crippen molar-refractivity contribution in [1.82, 2.24) is 10.2 Å². The summed E-state index contributed by atoms with van der Waals surface area (Å²) in [5.41, 5.74) is 0. The third-order valence-electron chi connectivity index (χ3n) is 2.24. The van der Waals surface area contributed by atoms with Crippen molar-refractivity contribution in [1.29, 1.82) is 0 Å². The van der Waals surface area contributed by atoms with E-state index in [1.54, 1.807) is 19.1 Å². The standard InChI is InChI=1S/C12H12FN3O2/c1-8(12(17)15-11-5-6-14-16-11)18-10-4-2-3-9(13)7-10/h2-8H,1H3,(H2,14,15,16,17). The van der Waals surface area contributed by atoms with E-state index in [4.69, 9.17) is 4.74 Å². The van der Waals surface area contributed by atoms with Crippen molar-refractivity contribution < 1.29 is 13.9 Å². The van der Waals surface area contributed by atoms with E-state index >= 15 is 0 Å². The van der Waals surface area contributed by atoms with E-state index < -0.39 is 11.9 Å². The Morgan fingerprint density at radius 1 is 1.50 bits per heavy atom. The van der Waals surface area contributed by atoms with Crippen LogP contribution in [0.15, 0.2) is 36.5 Å². The molecule has 1 atom stereocenters. The first kappa shape index (κ1) is 12.1. The third-order valence-corrected chi connectivity index (χ3v) is 2.24. The van der Waals surface area contributed by atoms with E-state index in [1.807, 2.05) is 0 Å². The van der Waals surface area contributed by atoms with Crippen LogP contribution in [0.4, 0.5) is 10.2 Å². The Morgan fingerprint density at radius 2 is 2.33 bits per heavy atom. The number of nitrogens with one attached hydrogen (secondary N) is 2. The van der Waals surface area contributed by atoms with E-state index in [9.17, 15) is 9.18 Å². The predicted octanol–water partition coefficient (Wildman–Crippen LogP) is 1.95. The predicted molar refractivity (Wildman–Crippen MR) is 63.7 cm³/mol. The first-order valence-electron chi connectivity index (χ1n) is 5.37. The summed E-state index contributed by atoms with van der Waals surface area (Å²) in [5.74, 6) is 0.0362. The van der Waals surface area contributed by atoms with Gasteiger partial charge in [-0.3, -0.25) is 9.89 Å². The summed E-state index contributed by atoms with van der Waals surface area (Å²) in [6, 6.07) is 7.25. The Morgan fingerprint density at radius 3 is 3.00 bits per heavy atom. The lowest BCUT2D eigenvalue weighted by molar-refractivity contribution is -0.122. The lowest BCUT2D eigenvalue weighted by atomic mass is 10.3. The number of nitrogens with zero attached hydrogens (tertiary/aromatic N) is 1. The number of hydrogen-bond acceptors (Lipinski definition) is 3. The molecule has 0 fully saturated rings. The number of carbonyl (C=O) groups excluding carboxylic acids is 1. The molecule has 0 aliphatic carbocycles. The zero-order chi connectivity index (χ0) is 13.0. The molecule has 18 heavy (non-hydrogen) atoms. The van der Waals surface area contributed by atoms with Gasteiger partial charge in [0.25, 0.3) is 5.91 Å². The second-order valence-corrected chi connectivity index (χ2v) is 3.68. The van der Waals surface area contributed by atoms with Crippen LogP contribution in [0.5, 0.6) is 5.75 Å². The molecule has 1 unspecified atom stereocenters. The lowest BCUT2D eigenvalue weighted by Crippen LogP contribution is -2.30. The summed E-state index contributed by atoms with van der Waals surface area (Å²) < 4.78 is 18.2. The largest absolute Gasteiger partial charge is 0.481 e. The molecule has 0 saturated carbocycles. The molecule has 0 spiro atoms. The highest BCUT2D eigenvalue weighted by Gasteiger charge is 2.15. The number of halogens is 1. The molecule has 1 aromatic carbocycles. The Labute approximate surface area is 103 Å². The van der Waals surface area contributed by atoms with E-state index in [2.05, 4.69) is 15.5 Å². The monoisotopic (exact) mass is 249 g/mol. The van der Waals surface area contributed by atoms with Gasteiger partial charge in [-0.2, -0.15) is 5.10 Å². The molecule has 0 saturated heterocycles. The Bertz CT molecular complexity index is 528. The Balaban J connectivity index is 1.95. The van der Waals surface area contributed by atoms with Gasteiger partial charge in [0.2, 0.25) is 0 Å². The van der Waals surface area contributed by atoms with Crippen LogP contribution in [0.1, 0.15) is 6.92 Å². The van der Waals surface area contributed by atoms with Gasteiger partial charge in [0, 0.05) is 12.1 Å². The van der Waals surface area contributed by atoms with E-state index in [0.29, 0.717) is 11.6 Å². The second-order valence-electron chi connectivity index (χ2n) is 3.68. The van der Waals surface area contributed by atoms with Crippen LogP contribution in [-0.4, -0.2) is 22.2 Å². The molecule has 94 valence electrons. The molecule has 0 aliphatic heterocycles. The molecule has 1 aromatic heterocycles. The summed E-state index contributed by atoms with van der Waals surface area (Å²) in [6.45, 7) is 1.58. The summed E-state index contributed by atoms with van der Waals surface area (Å²) in [6.07, 6.45) is 0.781. The van der Waals surface area contributed by atoms with Gasteiger partial charge in [-0.25, -0.2) is 4.39 Å². The fourth-order valence-corrected chi connectivity index (χ4v) is 1.36. The molecular weight excluding hydrogens is 237 g/mol. The zero-order valence-corrected chi connectivity index (χ0v) is 9.68. The van der Waals surface area contributed by atoms with Crippen molar-refractivity contribution >= 4 is 11.7 Å². The SMILES string of the molecule is CC(Oc1cccc(F)c1)C(=O)Nc1ccn[nH]1. The summed E-state index contributed by atoms with van der Waals surface area (Å²) in [7, 11) is 0. The van der Waals surface area contributed by atoms with Crippen molar-refractivity contribution in [3.63, 3.8) is 0 Å². The summed E-state index contributed by atoms with van der Waals surface area (Å²) in [5, 5.41) is 8.88. The van der Waals surface area contributed by atoms with Crippen molar-refractivity contribution in [3.05, 3.63) is 42.3 Å². The number of aromatic nitrogens is 2. The first-order chi connectivity index (χ1) is 8.65. The number of rotatable bonds is 4. The van der Waals surface area contributed by atoms with E-state index in [1.165, 1.54) is 24.4 Å². The van der Waals surface area contributed by atoms with Gasteiger partial charge in [0.15, 0.2) is 6.10 Å². The molecule has 1 heterocycles. The molecule has 1 amide bonds. The molecule has 0 radical (unpaired) electrons. The first-order valence-corrected chi connectivity index (χ1v) is 5.37. The van der Waals surface area contributed by atoms with Crippen LogP contribution < -0.4 is 10.1 Å². The van der Waals surface area contributed by atoms with Gasteiger partial charge in [-0.1, -0.05) is 6.07 Å². The average molecular weight is 249 g/mol. The maximum Gasteiger partial charge on any atom is 0.266 e. The quantitative estimate of drug-likeness (QED) is 0.870. The molecule has 2 aromatic rings. The number of H-pyrrole nitrogens is 1. The molecule has 6 heteroatoms. The van der Waals surface area contributed by atoms with Gasteiger partial charge in [0.05, 0.1) is 6.20 Å². The highest BCUT2D eigenvalue weighted by Crippen LogP contribution is 2.14. The highest BCUT2D eigenvalue weighted by molar-refractivity contribution is 5.93. The number of ether oxygens (including phenoxy) is 1. The maximum atomic E-state index is 12.9. The van der Waals surface area contributed by atoms with Crippen LogP contribution in [0.2, 0.25) is 0 Å². The van der Waals surface area contributed by atoms with Gasteiger partial charge in [-0.15, -0.1) is 0 Å². The topological polar surface area (TPSA) is 67.0 Å². The minimum absolute atomic E-state index is 0.308. The molecule has 0 aliphatic rings. The Kier molecular flexibility index (Phi) is 3.57. The van der Waals surface area contributed by atoms with Gasteiger partial charge >= 0.3 is 0 Å². The molecule has 0 bridgehead atoms. The number of aromatic amines is 1. The Hall–Kier alpha value is -2.37. The maximum absolute atomic E-state index is 12.9. The van der Waals surface area contributed by atoms with E-state index in [-0.39, 0.29) is 5.91 Å². The van der Waals surface area contributed by atoms with Crippen LogP contribution in [0.3, 0.4) is 0 Å². The number of benzene rings is 1. The van der Waals surface area contributed by atoms with Gasteiger partial charge in [0.1, 0.15) is 17.4 Å². The number of anilines is 1. The normalized spacial score (nSPS) is 11.9. The molecule has 5 nitrogen and oxygen atoms in total. The van der Waals surface area contributed by atoms with Crippen LogP contribution >= 0.6 is 0 Å². The lowest BCUT2D eigenvalue weighted by Gasteiger charge is -2.13. The fraction of sp³-hybridized carbons (Fsp3) is 0.167. The van der Waals surface area contributed by atoms with Crippen molar-refractivity contribution in [2.45, 2.75) is 13.0 Å². The second kappa shape index (κ2) is 5.31. The number of amides is 1. The van der Waals surface area contributed by atoms with Crippen LogP contribution in [-0.2, 0) is 4.79 Å².